The number of rotatable bonds is 2. The largest absolute Gasteiger partial charge is 0.358 e. The lowest BCUT2D eigenvalue weighted by molar-refractivity contribution is 0.352. The van der Waals surface area contributed by atoms with Crippen LogP contribution in [-0.2, 0) is 5.75 Å². The molecule has 1 aromatic heterocycles. The highest BCUT2D eigenvalue weighted by Gasteiger charge is 2.13. The fraction of sp³-hybridized carbons (Fsp3) is 0.500. The van der Waals surface area contributed by atoms with Gasteiger partial charge in [-0.2, -0.15) is 0 Å². The third-order valence-electron chi connectivity index (χ3n) is 2.80. The Balaban J connectivity index is 1.88. The maximum absolute atomic E-state index is 5.87. The maximum Gasteiger partial charge on any atom is 0.136 e. The Morgan fingerprint density at radius 3 is 2.44 bits per heavy atom. The number of thioether (sulfide) groups is 1. The Kier molecular flexibility index (Phi) is 5.55. The number of halogens is 2. The normalized spacial score (nSPS) is 15.8. The van der Waals surface area contributed by atoms with Crippen LogP contribution in [0.25, 0.3) is 0 Å². The predicted molar refractivity (Wildman–Crippen MR) is 83.6 cm³/mol. The third kappa shape index (κ3) is 4.26. The van der Waals surface area contributed by atoms with Crippen LogP contribution < -0.4 is 0 Å². The highest BCUT2D eigenvalue weighted by molar-refractivity contribution is 8.22. The summed E-state index contributed by atoms with van der Waals surface area (Å²) in [6.07, 6.45) is 3.81. The fourth-order valence-corrected chi connectivity index (χ4v) is 3.60. The second-order valence-corrected chi connectivity index (χ2v) is 6.61. The van der Waals surface area contributed by atoms with E-state index in [1.54, 1.807) is 11.8 Å². The van der Waals surface area contributed by atoms with E-state index in [0.717, 1.165) is 28.7 Å². The molecule has 1 aromatic rings. The first kappa shape index (κ1) is 14.4. The highest BCUT2D eigenvalue weighted by Crippen LogP contribution is 2.22. The molecule has 2 nitrogen and oxygen atoms in total. The van der Waals surface area contributed by atoms with Crippen molar-refractivity contribution in [2.45, 2.75) is 25.0 Å². The zero-order valence-corrected chi connectivity index (χ0v) is 13.0. The Hall–Kier alpha value is -0.0300. The summed E-state index contributed by atoms with van der Waals surface area (Å²) in [5.41, 5.74) is 1.06. The average molecular weight is 321 g/mol. The molecular weight excluding hydrogens is 307 g/mol. The van der Waals surface area contributed by atoms with Gasteiger partial charge in [0.2, 0.25) is 0 Å². The topological polar surface area (TPSA) is 16.1 Å². The smallest absolute Gasteiger partial charge is 0.136 e. The Bertz CT molecular complexity index is 414. The summed E-state index contributed by atoms with van der Waals surface area (Å²) in [5, 5.41) is 0.865. The lowest BCUT2D eigenvalue weighted by atomic mass is 10.1. The number of likely N-dealkylation sites (tertiary alicyclic amines) is 1. The lowest BCUT2D eigenvalue weighted by Gasteiger charge is -2.28. The third-order valence-corrected chi connectivity index (χ3v) is 4.78. The van der Waals surface area contributed by atoms with Crippen molar-refractivity contribution in [2.75, 3.05) is 13.1 Å². The molecule has 0 aliphatic carbocycles. The van der Waals surface area contributed by atoms with Crippen LogP contribution in [0.2, 0.25) is 10.3 Å². The van der Waals surface area contributed by atoms with Gasteiger partial charge in [0, 0.05) is 18.8 Å². The molecule has 0 saturated carbocycles. The van der Waals surface area contributed by atoms with Gasteiger partial charge in [0.1, 0.15) is 14.6 Å². The van der Waals surface area contributed by atoms with Crippen molar-refractivity contribution in [1.29, 1.82) is 0 Å². The quantitative estimate of drug-likeness (QED) is 0.593. The minimum Gasteiger partial charge on any atom is -0.358 e. The van der Waals surface area contributed by atoms with Gasteiger partial charge in [-0.05, 0) is 37.0 Å². The van der Waals surface area contributed by atoms with Crippen molar-refractivity contribution in [3.8, 4) is 0 Å². The molecule has 1 aliphatic heterocycles. The molecule has 0 spiro atoms. The molecule has 1 saturated heterocycles. The molecule has 1 aliphatic rings. The molecule has 6 heteroatoms. The Morgan fingerprint density at radius 2 is 1.83 bits per heavy atom. The summed E-state index contributed by atoms with van der Waals surface area (Å²) >= 11 is 18.8. The molecule has 2 rings (SSSR count). The molecule has 0 radical (unpaired) electrons. The minimum atomic E-state index is 0.432. The molecule has 0 N–H and O–H groups in total. The van der Waals surface area contributed by atoms with Gasteiger partial charge in [-0.15, -0.1) is 0 Å². The highest BCUT2D eigenvalue weighted by atomic mass is 35.5. The van der Waals surface area contributed by atoms with Crippen LogP contribution in [-0.4, -0.2) is 27.3 Å². The number of thiocarbonyl (C=S) groups is 1. The van der Waals surface area contributed by atoms with E-state index in [-0.39, 0.29) is 0 Å². The maximum atomic E-state index is 5.87. The average Bonchev–Trinajstić information content (AvgIpc) is 2.36. The standard InChI is InChI=1S/C12H14Cl2N2S2/c13-10-6-9(7-11(14)15-10)8-18-12(17)16-4-2-1-3-5-16/h6-7H,1-5,8H2. The van der Waals surface area contributed by atoms with E-state index in [2.05, 4.69) is 9.88 Å². The van der Waals surface area contributed by atoms with Crippen LogP contribution >= 0.6 is 47.2 Å². The SMILES string of the molecule is S=C(SCc1cc(Cl)nc(Cl)c1)N1CCCCC1. The summed E-state index contributed by atoms with van der Waals surface area (Å²) in [6.45, 7) is 2.17. The number of hydrogen-bond acceptors (Lipinski definition) is 3. The molecular formula is C12H14Cl2N2S2. The molecule has 1 fully saturated rings. The summed E-state index contributed by atoms with van der Waals surface area (Å²) in [7, 11) is 0. The van der Waals surface area contributed by atoms with Gasteiger partial charge in [-0.25, -0.2) is 4.98 Å². The first-order chi connectivity index (χ1) is 8.65. The lowest BCUT2D eigenvalue weighted by Crippen LogP contribution is -2.32. The van der Waals surface area contributed by atoms with Gasteiger partial charge in [0.05, 0.1) is 0 Å². The second kappa shape index (κ2) is 6.94. The van der Waals surface area contributed by atoms with Gasteiger partial charge >= 0.3 is 0 Å². The number of hydrogen-bond donors (Lipinski definition) is 0. The van der Waals surface area contributed by atoms with E-state index in [0.29, 0.717) is 10.3 Å². The number of aromatic nitrogens is 1. The van der Waals surface area contributed by atoms with E-state index < -0.39 is 0 Å². The van der Waals surface area contributed by atoms with Crippen molar-refractivity contribution in [3.63, 3.8) is 0 Å². The van der Waals surface area contributed by atoms with E-state index >= 15 is 0 Å². The second-order valence-electron chi connectivity index (χ2n) is 4.22. The van der Waals surface area contributed by atoms with Crippen molar-refractivity contribution in [1.82, 2.24) is 9.88 Å². The van der Waals surface area contributed by atoms with Gasteiger partial charge in [-0.3, -0.25) is 0 Å². The van der Waals surface area contributed by atoms with Crippen molar-refractivity contribution in [3.05, 3.63) is 28.0 Å². The van der Waals surface area contributed by atoms with Crippen LogP contribution in [0.4, 0.5) is 0 Å². The van der Waals surface area contributed by atoms with Crippen molar-refractivity contribution < 1.29 is 0 Å². The molecule has 0 atom stereocenters. The molecule has 0 unspecified atom stereocenters. The molecule has 2 heterocycles. The van der Waals surface area contributed by atoms with E-state index in [9.17, 15) is 0 Å². The summed E-state index contributed by atoms with van der Waals surface area (Å²) in [5.74, 6) is 0.789. The van der Waals surface area contributed by atoms with Crippen LogP contribution in [0.5, 0.6) is 0 Å². The number of nitrogens with zero attached hydrogens (tertiary/aromatic N) is 2. The van der Waals surface area contributed by atoms with Gasteiger partial charge in [0.25, 0.3) is 0 Å². The summed E-state index contributed by atoms with van der Waals surface area (Å²) in [4.78, 5) is 6.22. The van der Waals surface area contributed by atoms with E-state index in [4.69, 9.17) is 35.4 Å². The summed E-state index contributed by atoms with van der Waals surface area (Å²) in [6, 6.07) is 3.67. The Labute approximate surface area is 127 Å². The minimum absolute atomic E-state index is 0.432. The van der Waals surface area contributed by atoms with E-state index in [1.807, 2.05) is 12.1 Å². The Morgan fingerprint density at radius 1 is 1.22 bits per heavy atom. The van der Waals surface area contributed by atoms with Gasteiger partial charge < -0.3 is 4.90 Å². The zero-order chi connectivity index (χ0) is 13.0. The monoisotopic (exact) mass is 320 g/mol. The van der Waals surface area contributed by atoms with Crippen LogP contribution in [0.3, 0.4) is 0 Å². The first-order valence-corrected chi connectivity index (χ1v) is 8.04. The molecule has 98 valence electrons. The van der Waals surface area contributed by atoms with Gasteiger partial charge in [0.15, 0.2) is 0 Å². The zero-order valence-electron chi connectivity index (χ0n) is 9.86. The summed E-state index contributed by atoms with van der Waals surface area (Å²) < 4.78 is 0.971. The molecule has 0 bridgehead atoms. The van der Waals surface area contributed by atoms with Gasteiger partial charge in [-0.1, -0.05) is 47.2 Å². The van der Waals surface area contributed by atoms with Crippen LogP contribution in [0, 0.1) is 0 Å². The molecule has 0 aromatic carbocycles. The van der Waals surface area contributed by atoms with E-state index in [1.165, 1.54) is 19.3 Å². The molecule has 0 amide bonds. The van der Waals surface area contributed by atoms with Crippen molar-refractivity contribution in [2.24, 2.45) is 0 Å². The van der Waals surface area contributed by atoms with Crippen LogP contribution in [0.15, 0.2) is 12.1 Å². The number of piperidine rings is 1. The predicted octanol–water partition coefficient (Wildman–Crippen LogP) is 4.39. The first-order valence-electron chi connectivity index (χ1n) is 5.89. The fourth-order valence-electron chi connectivity index (χ4n) is 1.91. The number of pyridine rings is 1. The molecule has 18 heavy (non-hydrogen) atoms. The van der Waals surface area contributed by atoms with Crippen LogP contribution in [0.1, 0.15) is 24.8 Å². The van der Waals surface area contributed by atoms with Crippen molar-refractivity contribution >= 4 is 51.5 Å².